The standard InChI is InChI=1S/C19H20ClN5O5S/c1-22-17-16(18(27)23(2)19(22)28)25(11-21-17)10-15(26)24-8-7-14(9-24)31(29,30)13-5-3-12(20)4-6-13/h3-6,11,14H,7-10H2,1-2H3. The third-order valence-corrected chi connectivity index (χ3v) is 8.05. The molecule has 0 radical (unpaired) electrons. The van der Waals surface area contributed by atoms with Crippen molar-refractivity contribution >= 4 is 38.5 Å². The second-order valence-corrected chi connectivity index (χ2v) is 10.2. The molecule has 0 spiro atoms. The summed E-state index contributed by atoms with van der Waals surface area (Å²) < 4.78 is 29.4. The quantitative estimate of drug-likeness (QED) is 0.542. The number of halogens is 1. The minimum absolute atomic E-state index is 0.0624. The van der Waals surface area contributed by atoms with Crippen LogP contribution >= 0.6 is 11.6 Å². The van der Waals surface area contributed by atoms with E-state index in [0.717, 1.165) is 4.57 Å². The van der Waals surface area contributed by atoms with E-state index in [2.05, 4.69) is 4.98 Å². The van der Waals surface area contributed by atoms with Crippen molar-refractivity contribution < 1.29 is 13.2 Å². The van der Waals surface area contributed by atoms with Gasteiger partial charge in [0, 0.05) is 32.2 Å². The molecule has 0 aliphatic carbocycles. The number of carbonyl (C=O) groups excluding carboxylic acids is 1. The van der Waals surface area contributed by atoms with Crippen LogP contribution in [0.2, 0.25) is 5.02 Å². The molecule has 1 unspecified atom stereocenters. The van der Waals surface area contributed by atoms with Gasteiger partial charge in [-0.25, -0.2) is 18.2 Å². The van der Waals surface area contributed by atoms with E-state index >= 15 is 0 Å². The number of benzene rings is 1. The van der Waals surface area contributed by atoms with E-state index in [1.807, 2.05) is 0 Å². The summed E-state index contributed by atoms with van der Waals surface area (Å²) in [4.78, 5) is 43.2. The fraction of sp³-hybridized carbons (Fsp3) is 0.368. The molecular weight excluding hydrogens is 446 g/mol. The number of rotatable bonds is 4. The minimum atomic E-state index is -3.60. The molecule has 0 saturated carbocycles. The van der Waals surface area contributed by atoms with Gasteiger partial charge in [-0.1, -0.05) is 11.6 Å². The zero-order valence-electron chi connectivity index (χ0n) is 16.9. The maximum absolute atomic E-state index is 12.9. The highest BCUT2D eigenvalue weighted by molar-refractivity contribution is 7.92. The second kappa shape index (κ2) is 7.65. The number of imidazole rings is 1. The average Bonchev–Trinajstić information content (AvgIpc) is 3.39. The van der Waals surface area contributed by atoms with Crippen molar-refractivity contribution in [3.05, 3.63) is 56.5 Å². The Morgan fingerprint density at radius 2 is 1.84 bits per heavy atom. The Kier molecular flexibility index (Phi) is 5.26. The van der Waals surface area contributed by atoms with E-state index in [-0.39, 0.29) is 35.1 Å². The molecule has 1 atom stereocenters. The van der Waals surface area contributed by atoms with Gasteiger partial charge in [-0.2, -0.15) is 0 Å². The van der Waals surface area contributed by atoms with Gasteiger partial charge >= 0.3 is 5.69 Å². The van der Waals surface area contributed by atoms with Crippen molar-refractivity contribution in [2.45, 2.75) is 23.1 Å². The maximum Gasteiger partial charge on any atom is 0.332 e. The van der Waals surface area contributed by atoms with Crippen LogP contribution < -0.4 is 11.2 Å². The van der Waals surface area contributed by atoms with E-state index in [9.17, 15) is 22.8 Å². The summed E-state index contributed by atoms with van der Waals surface area (Å²) in [5.74, 6) is -0.330. The molecule has 1 amide bonds. The molecule has 1 fully saturated rings. The average molecular weight is 466 g/mol. The van der Waals surface area contributed by atoms with Crippen molar-refractivity contribution in [3.8, 4) is 0 Å². The predicted molar refractivity (Wildman–Crippen MR) is 114 cm³/mol. The van der Waals surface area contributed by atoms with Crippen LogP contribution in [0.4, 0.5) is 0 Å². The molecule has 10 nitrogen and oxygen atoms in total. The number of sulfone groups is 1. The fourth-order valence-electron chi connectivity index (χ4n) is 3.79. The van der Waals surface area contributed by atoms with E-state index in [0.29, 0.717) is 18.0 Å². The van der Waals surface area contributed by atoms with Gasteiger partial charge in [0.05, 0.1) is 16.5 Å². The summed E-state index contributed by atoms with van der Waals surface area (Å²) in [7, 11) is -0.751. The summed E-state index contributed by atoms with van der Waals surface area (Å²) in [6, 6.07) is 5.95. The summed E-state index contributed by atoms with van der Waals surface area (Å²) in [6.07, 6.45) is 1.65. The van der Waals surface area contributed by atoms with Crippen LogP contribution in [0.3, 0.4) is 0 Å². The Morgan fingerprint density at radius 3 is 2.52 bits per heavy atom. The van der Waals surface area contributed by atoms with Gasteiger partial charge in [0.2, 0.25) is 5.91 Å². The van der Waals surface area contributed by atoms with E-state index < -0.39 is 26.3 Å². The van der Waals surface area contributed by atoms with Gasteiger partial charge in [-0.15, -0.1) is 0 Å². The molecular formula is C19H20ClN5O5S. The third-order valence-electron chi connectivity index (χ3n) is 5.60. The summed E-state index contributed by atoms with van der Waals surface area (Å²) >= 11 is 5.84. The van der Waals surface area contributed by atoms with Crippen molar-refractivity contribution in [3.63, 3.8) is 0 Å². The Balaban J connectivity index is 1.55. The lowest BCUT2D eigenvalue weighted by molar-refractivity contribution is -0.130. The molecule has 164 valence electrons. The molecule has 12 heteroatoms. The lowest BCUT2D eigenvalue weighted by Gasteiger charge is -2.17. The van der Waals surface area contributed by atoms with Gasteiger partial charge in [-0.3, -0.25) is 18.7 Å². The van der Waals surface area contributed by atoms with Gasteiger partial charge in [0.15, 0.2) is 21.0 Å². The minimum Gasteiger partial charge on any atom is -0.340 e. The number of fused-ring (bicyclic) bond motifs is 1. The topological polar surface area (TPSA) is 116 Å². The Morgan fingerprint density at radius 1 is 1.16 bits per heavy atom. The predicted octanol–water partition coefficient (Wildman–Crippen LogP) is 0.162. The number of aryl methyl sites for hydroxylation is 1. The molecule has 0 bridgehead atoms. The zero-order chi connectivity index (χ0) is 22.5. The highest BCUT2D eigenvalue weighted by Gasteiger charge is 2.36. The molecule has 0 N–H and O–H groups in total. The van der Waals surface area contributed by atoms with Crippen LogP contribution in [0.1, 0.15) is 6.42 Å². The molecule has 1 aromatic carbocycles. The van der Waals surface area contributed by atoms with Gasteiger partial charge in [0.25, 0.3) is 5.56 Å². The molecule has 2 aromatic heterocycles. The monoisotopic (exact) mass is 465 g/mol. The number of aromatic nitrogens is 4. The van der Waals surface area contributed by atoms with Gasteiger partial charge in [-0.05, 0) is 30.7 Å². The fourth-order valence-corrected chi connectivity index (χ4v) is 5.61. The number of likely N-dealkylation sites (tertiary alicyclic amines) is 1. The Labute approximate surface area is 182 Å². The van der Waals surface area contributed by atoms with Crippen LogP contribution in [0.25, 0.3) is 11.2 Å². The van der Waals surface area contributed by atoms with Crippen LogP contribution in [-0.4, -0.2) is 56.2 Å². The zero-order valence-corrected chi connectivity index (χ0v) is 18.4. The largest absolute Gasteiger partial charge is 0.340 e. The normalized spacial score (nSPS) is 16.9. The number of nitrogens with zero attached hydrogens (tertiary/aromatic N) is 5. The summed E-state index contributed by atoms with van der Waals surface area (Å²) in [5, 5.41) is -0.274. The van der Waals surface area contributed by atoms with Crippen molar-refractivity contribution in [1.29, 1.82) is 0 Å². The molecule has 1 saturated heterocycles. The van der Waals surface area contributed by atoms with Crippen molar-refractivity contribution in [2.75, 3.05) is 13.1 Å². The summed E-state index contributed by atoms with van der Waals surface area (Å²) in [6.45, 7) is 0.171. The van der Waals surface area contributed by atoms with Gasteiger partial charge < -0.3 is 9.47 Å². The van der Waals surface area contributed by atoms with Crippen LogP contribution in [0.5, 0.6) is 0 Å². The smallest absolute Gasteiger partial charge is 0.332 e. The van der Waals surface area contributed by atoms with Crippen molar-refractivity contribution in [2.24, 2.45) is 14.1 Å². The first-order chi connectivity index (χ1) is 14.6. The number of hydrogen-bond acceptors (Lipinski definition) is 6. The van der Waals surface area contributed by atoms with E-state index in [4.69, 9.17) is 11.6 Å². The lowest BCUT2D eigenvalue weighted by Crippen LogP contribution is -2.38. The molecule has 1 aliphatic heterocycles. The number of carbonyl (C=O) groups is 1. The van der Waals surface area contributed by atoms with Crippen LogP contribution in [0, 0.1) is 0 Å². The molecule has 3 heterocycles. The van der Waals surface area contributed by atoms with E-state index in [1.165, 1.54) is 58.7 Å². The first-order valence-electron chi connectivity index (χ1n) is 9.49. The van der Waals surface area contributed by atoms with Crippen molar-refractivity contribution in [1.82, 2.24) is 23.6 Å². The Bertz CT molecular complexity index is 1400. The molecule has 3 aromatic rings. The molecule has 4 rings (SSSR count). The first kappa shape index (κ1) is 21.3. The number of amides is 1. The maximum atomic E-state index is 12.9. The lowest BCUT2D eigenvalue weighted by atomic mass is 10.4. The molecule has 1 aliphatic rings. The second-order valence-electron chi connectivity index (χ2n) is 7.50. The SMILES string of the molecule is Cn1c(=O)c2c(ncn2CC(=O)N2CCC(S(=O)(=O)c3ccc(Cl)cc3)C2)n(C)c1=O. The summed E-state index contributed by atoms with van der Waals surface area (Å²) in [5.41, 5.74) is -0.732. The third kappa shape index (κ3) is 3.57. The van der Waals surface area contributed by atoms with Gasteiger partial charge in [0.1, 0.15) is 6.54 Å². The number of hydrogen-bond donors (Lipinski definition) is 0. The first-order valence-corrected chi connectivity index (χ1v) is 11.4. The Hall–Kier alpha value is -2.92. The van der Waals surface area contributed by atoms with Crippen LogP contribution in [0.15, 0.2) is 45.1 Å². The van der Waals surface area contributed by atoms with E-state index in [1.54, 1.807) is 0 Å². The highest BCUT2D eigenvalue weighted by atomic mass is 35.5. The highest BCUT2D eigenvalue weighted by Crippen LogP contribution is 2.25. The van der Waals surface area contributed by atoms with Crippen LogP contribution in [-0.2, 0) is 35.3 Å². The molecule has 31 heavy (non-hydrogen) atoms.